The maximum atomic E-state index is 10.6. The molecule has 17 heavy (non-hydrogen) atoms. The number of nitrogens with zero attached hydrogens (tertiary/aromatic N) is 1. The number of carboxylic acids is 1. The van der Waals surface area contributed by atoms with Crippen molar-refractivity contribution < 1.29 is 14.3 Å². The zero-order valence-corrected chi connectivity index (χ0v) is 10.6. The lowest BCUT2D eigenvalue weighted by molar-refractivity contribution is -0.139. The standard InChI is InChI=1S/C13H19NO3/c1-8-4-12(10(3)17-8)9(2)14-6-11(7-14)5-13(15)16/h4,9,11H,5-7H2,1-3H3,(H,15,16). The van der Waals surface area contributed by atoms with Gasteiger partial charge < -0.3 is 9.52 Å². The lowest BCUT2D eigenvalue weighted by Crippen LogP contribution is -2.48. The molecule has 4 heteroatoms. The highest BCUT2D eigenvalue weighted by molar-refractivity contribution is 5.67. The minimum Gasteiger partial charge on any atom is -0.481 e. The maximum Gasteiger partial charge on any atom is 0.303 e. The van der Waals surface area contributed by atoms with Gasteiger partial charge in [0.15, 0.2) is 0 Å². The zero-order chi connectivity index (χ0) is 12.6. The van der Waals surface area contributed by atoms with Crippen molar-refractivity contribution in [1.82, 2.24) is 4.90 Å². The topological polar surface area (TPSA) is 53.7 Å². The average Bonchev–Trinajstić information content (AvgIpc) is 2.49. The molecular formula is C13H19NO3. The van der Waals surface area contributed by atoms with E-state index in [0.29, 0.717) is 12.0 Å². The first-order valence-electron chi connectivity index (χ1n) is 6.00. The fourth-order valence-corrected chi connectivity index (χ4v) is 2.56. The van der Waals surface area contributed by atoms with Gasteiger partial charge in [-0.2, -0.15) is 0 Å². The highest BCUT2D eigenvalue weighted by atomic mass is 16.4. The fraction of sp³-hybridized carbons (Fsp3) is 0.615. The van der Waals surface area contributed by atoms with Gasteiger partial charge in [0.1, 0.15) is 11.5 Å². The third-order valence-corrected chi connectivity index (χ3v) is 3.53. The van der Waals surface area contributed by atoms with Gasteiger partial charge >= 0.3 is 5.97 Å². The Kier molecular flexibility index (Phi) is 3.24. The Hall–Kier alpha value is -1.29. The van der Waals surface area contributed by atoms with Crippen LogP contribution in [0, 0.1) is 19.8 Å². The molecule has 1 aliphatic rings. The summed E-state index contributed by atoms with van der Waals surface area (Å²) < 4.78 is 5.52. The van der Waals surface area contributed by atoms with Crippen molar-refractivity contribution in [2.45, 2.75) is 33.2 Å². The van der Waals surface area contributed by atoms with Gasteiger partial charge in [-0.25, -0.2) is 0 Å². The highest BCUT2D eigenvalue weighted by Gasteiger charge is 2.33. The molecule has 94 valence electrons. The Bertz CT molecular complexity index is 418. The molecule has 1 unspecified atom stereocenters. The molecule has 0 aromatic carbocycles. The molecule has 0 aliphatic carbocycles. The molecule has 0 spiro atoms. The van der Waals surface area contributed by atoms with Crippen molar-refractivity contribution in [3.05, 3.63) is 23.2 Å². The number of hydrogen-bond donors (Lipinski definition) is 1. The summed E-state index contributed by atoms with van der Waals surface area (Å²) in [6, 6.07) is 2.39. The van der Waals surface area contributed by atoms with Crippen molar-refractivity contribution in [3.63, 3.8) is 0 Å². The molecule has 0 saturated carbocycles. The highest BCUT2D eigenvalue weighted by Crippen LogP contribution is 2.32. The van der Waals surface area contributed by atoms with Crippen molar-refractivity contribution >= 4 is 5.97 Å². The molecule has 2 rings (SSSR count). The molecule has 4 nitrogen and oxygen atoms in total. The van der Waals surface area contributed by atoms with Crippen LogP contribution < -0.4 is 0 Å². The number of aliphatic carboxylic acids is 1. The molecule has 1 atom stereocenters. The third-order valence-electron chi connectivity index (χ3n) is 3.53. The van der Waals surface area contributed by atoms with E-state index in [9.17, 15) is 4.79 Å². The Morgan fingerprint density at radius 2 is 2.24 bits per heavy atom. The summed E-state index contributed by atoms with van der Waals surface area (Å²) in [6.07, 6.45) is 0.284. The van der Waals surface area contributed by atoms with Crippen LogP contribution >= 0.6 is 0 Å². The third kappa shape index (κ3) is 2.52. The number of rotatable bonds is 4. The number of carbonyl (C=O) groups is 1. The van der Waals surface area contributed by atoms with Crippen LogP contribution in [0.25, 0.3) is 0 Å². The molecular weight excluding hydrogens is 218 g/mol. The zero-order valence-electron chi connectivity index (χ0n) is 10.6. The van der Waals surface area contributed by atoms with E-state index in [1.165, 1.54) is 5.56 Å². The normalized spacial score (nSPS) is 19.0. The van der Waals surface area contributed by atoms with Gasteiger partial charge in [-0.05, 0) is 32.8 Å². The minimum absolute atomic E-state index is 0.284. The smallest absolute Gasteiger partial charge is 0.303 e. The minimum atomic E-state index is -0.697. The summed E-state index contributed by atoms with van der Waals surface area (Å²) in [7, 11) is 0. The van der Waals surface area contributed by atoms with E-state index in [1.54, 1.807) is 0 Å². The summed E-state index contributed by atoms with van der Waals surface area (Å²) >= 11 is 0. The van der Waals surface area contributed by atoms with Crippen LogP contribution in [0.3, 0.4) is 0 Å². The van der Waals surface area contributed by atoms with Crippen molar-refractivity contribution in [2.75, 3.05) is 13.1 Å². The summed E-state index contributed by atoms with van der Waals surface area (Å²) in [6.45, 7) is 7.82. The van der Waals surface area contributed by atoms with Crippen molar-refractivity contribution in [2.24, 2.45) is 5.92 Å². The first kappa shape index (κ1) is 12.2. The molecule has 0 bridgehead atoms. The van der Waals surface area contributed by atoms with Gasteiger partial charge in [0.25, 0.3) is 0 Å². The molecule has 1 aromatic heterocycles. The largest absolute Gasteiger partial charge is 0.481 e. The lowest BCUT2D eigenvalue weighted by atomic mass is 9.92. The number of likely N-dealkylation sites (tertiary alicyclic amines) is 1. The monoisotopic (exact) mass is 237 g/mol. The number of furan rings is 1. The Balaban J connectivity index is 1.93. The summed E-state index contributed by atoms with van der Waals surface area (Å²) in [5.74, 6) is 1.52. The van der Waals surface area contributed by atoms with Crippen LogP contribution in [0.15, 0.2) is 10.5 Å². The first-order valence-corrected chi connectivity index (χ1v) is 6.00. The van der Waals surface area contributed by atoms with Crippen LogP contribution in [0.5, 0.6) is 0 Å². The fourth-order valence-electron chi connectivity index (χ4n) is 2.56. The van der Waals surface area contributed by atoms with E-state index in [4.69, 9.17) is 9.52 Å². The van der Waals surface area contributed by atoms with E-state index in [1.807, 2.05) is 13.8 Å². The second-order valence-electron chi connectivity index (χ2n) is 4.96. The molecule has 0 amide bonds. The van der Waals surface area contributed by atoms with E-state index >= 15 is 0 Å². The van der Waals surface area contributed by atoms with Gasteiger partial charge in [-0.1, -0.05) is 0 Å². The predicted molar refractivity (Wildman–Crippen MR) is 63.9 cm³/mol. The molecule has 2 heterocycles. The van der Waals surface area contributed by atoms with E-state index < -0.39 is 5.97 Å². The molecule has 1 fully saturated rings. The van der Waals surface area contributed by atoms with Gasteiger partial charge in [0.2, 0.25) is 0 Å². The second kappa shape index (κ2) is 4.53. The van der Waals surface area contributed by atoms with Crippen LogP contribution in [-0.4, -0.2) is 29.1 Å². The van der Waals surface area contributed by atoms with Gasteiger partial charge in [-0.15, -0.1) is 0 Å². The van der Waals surface area contributed by atoms with Gasteiger partial charge in [0.05, 0.1) is 6.42 Å². The first-order chi connectivity index (χ1) is 7.97. The quantitative estimate of drug-likeness (QED) is 0.873. The molecule has 1 aromatic rings. The number of hydrogen-bond acceptors (Lipinski definition) is 3. The molecule has 0 radical (unpaired) electrons. The van der Waals surface area contributed by atoms with E-state index in [-0.39, 0.29) is 6.42 Å². The predicted octanol–water partition coefficient (Wildman–Crippen LogP) is 2.36. The van der Waals surface area contributed by atoms with Crippen molar-refractivity contribution in [1.29, 1.82) is 0 Å². The Morgan fingerprint density at radius 1 is 1.59 bits per heavy atom. The summed E-state index contributed by atoms with van der Waals surface area (Å²) in [5, 5.41) is 8.70. The molecule has 1 saturated heterocycles. The van der Waals surface area contributed by atoms with Crippen LogP contribution in [0.2, 0.25) is 0 Å². The van der Waals surface area contributed by atoms with E-state index in [2.05, 4.69) is 17.9 Å². The molecule has 1 aliphatic heterocycles. The molecule has 1 N–H and O–H groups in total. The van der Waals surface area contributed by atoms with Crippen molar-refractivity contribution in [3.8, 4) is 0 Å². The Labute approximate surface area is 101 Å². The summed E-state index contributed by atoms with van der Waals surface area (Å²) in [4.78, 5) is 12.9. The second-order valence-corrected chi connectivity index (χ2v) is 4.96. The Morgan fingerprint density at radius 3 is 2.71 bits per heavy atom. The van der Waals surface area contributed by atoms with Crippen LogP contribution in [-0.2, 0) is 4.79 Å². The van der Waals surface area contributed by atoms with Crippen LogP contribution in [0.1, 0.15) is 36.5 Å². The van der Waals surface area contributed by atoms with Gasteiger partial charge in [0, 0.05) is 24.7 Å². The van der Waals surface area contributed by atoms with E-state index in [0.717, 1.165) is 24.6 Å². The number of carboxylic acid groups (broad SMARTS) is 1. The van der Waals surface area contributed by atoms with Gasteiger partial charge in [-0.3, -0.25) is 9.69 Å². The number of aryl methyl sites for hydroxylation is 2. The average molecular weight is 237 g/mol. The SMILES string of the molecule is Cc1cc(C(C)N2CC(CC(=O)O)C2)c(C)o1. The lowest BCUT2D eigenvalue weighted by Gasteiger charge is -2.42. The van der Waals surface area contributed by atoms with Crippen LogP contribution in [0.4, 0.5) is 0 Å². The maximum absolute atomic E-state index is 10.6. The summed E-state index contributed by atoms with van der Waals surface area (Å²) in [5.41, 5.74) is 1.22.